The van der Waals surface area contributed by atoms with Gasteiger partial charge < -0.3 is 14.8 Å². The van der Waals surface area contributed by atoms with Crippen molar-refractivity contribution in [2.24, 2.45) is 0 Å². The fourth-order valence-electron chi connectivity index (χ4n) is 2.58. The minimum absolute atomic E-state index is 0.0372. The monoisotopic (exact) mass is 440 g/mol. The van der Waals surface area contributed by atoms with E-state index in [2.05, 4.69) is 10.0 Å². The van der Waals surface area contributed by atoms with E-state index in [0.717, 1.165) is 5.56 Å². The van der Waals surface area contributed by atoms with Crippen molar-refractivity contribution in [2.45, 2.75) is 37.8 Å². The van der Waals surface area contributed by atoms with Gasteiger partial charge in [-0.3, -0.25) is 4.79 Å². The molecule has 0 aliphatic heterocycles. The van der Waals surface area contributed by atoms with E-state index < -0.39 is 21.5 Å². The van der Waals surface area contributed by atoms with Gasteiger partial charge in [0.05, 0.1) is 19.2 Å². The quantitative estimate of drug-likeness (QED) is 0.688. The summed E-state index contributed by atoms with van der Waals surface area (Å²) >= 11 is 6.08. The number of carbonyl (C=O) groups excluding carboxylic acids is 1. The number of benzene rings is 2. The molecule has 2 aromatic carbocycles. The number of carbonyl (C=O) groups is 1. The van der Waals surface area contributed by atoms with Crippen molar-refractivity contribution in [3.8, 4) is 11.5 Å². The van der Waals surface area contributed by atoms with Crippen LogP contribution >= 0.6 is 11.6 Å². The van der Waals surface area contributed by atoms with Gasteiger partial charge in [0.1, 0.15) is 16.4 Å². The number of amides is 1. The fourth-order valence-corrected chi connectivity index (χ4v) is 4.53. The Hall–Kier alpha value is -2.29. The molecule has 29 heavy (non-hydrogen) atoms. The summed E-state index contributed by atoms with van der Waals surface area (Å²) in [5.41, 5.74) is 0.236. The average Bonchev–Trinajstić information content (AvgIpc) is 2.64. The first-order chi connectivity index (χ1) is 13.5. The van der Waals surface area contributed by atoms with E-state index in [1.54, 1.807) is 46.1 Å². The van der Waals surface area contributed by atoms with Gasteiger partial charge in [0.2, 0.25) is 10.0 Å². The number of hydrogen-bond acceptors (Lipinski definition) is 5. The Balaban J connectivity index is 2.22. The summed E-state index contributed by atoms with van der Waals surface area (Å²) in [6.07, 6.45) is 0. The second-order valence-electron chi connectivity index (χ2n) is 7.36. The highest BCUT2D eigenvalue weighted by Gasteiger charge is 2.25. The number of halogens is 1. The first-order valence-corrected chi connectivity index (χ1v) is 10.7. The van der Waals surface area contributed by atoms with Crippen molar-refractivity contribution in [3.63, 3.8) is 0 Å². The third kappa shape index (κ3) is 6.09. The molecule has 7 nitrogen and oxygen atoms in total. The van der Waals surface area contributed by atoms with Crippen molar-refractivity contribution in [1.29, 1.82) is 0 Å². The zero-order valence-electron chi connectivity index (χ0n) is 17.0. The van der Waals surface area contributed by atoms with Crippen LogP contribution < -0.4 is 19.5 Å². The molecule has 0 aliphatic carbocycles. The summed E-state index contributed by atoms with van der Waals surface area (Å²) in [5.74, 6) is 0.765. The van der Waals surface area contributed by atoms with E-state index in [0.29, 0.717) is 11.5 Å². The molecule has 0 saturated carbocycles. The Kier molecular flexibility index (Phi) is 7.15. The van der Waals surface area contributed by atoms with Crippen LogP contribution in [0.3, 0.4) is 0 Å². The fraction of sp³-hybridized carbons (Fsp3) is 0.350. The van der Waals surface area contributed by atoms with Crippen molar-refractivity contribution in [3.05, 3.63) is 52.5 Å². The van der Waals surface area contributed by atoms with Crippen LogP contribution in [0.4, 0.5) is 0 Å². The Morgan fingerprint density at radius 1 is 1.07 bits per heavy atom. The lowest BCUT2D eigenvalue weighted by molar-refractivity contribution is 0.0950. The first-order valence-electron chi connectivity index (χ1n) is 8.79. The summed E-state index contributed by atoms with van der Waals surface area (Å²) in [5, 5.41) is 2.79. The smallest absolute Gasteiger partial charge is 0.251 e. The first kappa shape index (κ1) is 23.0. The molecule has 0 spiro atoms. The summed E-state index contributed by atoms with van der Waals surface area (Å²) in [7, 11) is -0.807. The molecular weight excluding hydrogens is 416 g/mol. The highest BCUT2D eigenvalue weighted by Crippen LogP contribution is 2.26. The minimum Gasteiger partial charge on any atom is -0.497 e. The van der Waals surface area contributed by atoms with Crippen molar-refractivity contribution >= 4 is 27.5 Å². The van der Waals surface area contributed by atoms with Gasteiger partial charge in [0.25, 0.3) is 5.91 Å². The van der Waals surface area contributed by atoms with Crippen LogP contribution in [0.25, 0.3) is 0 Å². The van der Waals surface area contributed by atoms with Gasteiger partial charge in [-0.25, -0.2) is 13.1 Å². The molecule has 1 amide bonds. The van der Waals surface area contributed by atoms with Gasteiger partial charge in [-0.2, -0.15) is 0 Å². The predicted octanol–water partition coefficient (Wildman–Crippen LogP) is 3.36. The highest BCUT2D eigenvalue weighted by molar-refractivity contribution is 7.89. The van der Waals surface area contributed by atoms with Gasteiger partial charge in [-0.15, -0.1) is 0 Å². The molecule has 0 unspecified atom stereocenters. The van der Waals surface area contributed by atoms with Crippen LogP contribution in [-0.2, 0) is 16.6 Å². The molecule has 0 atom stereocenters. The Labute approximate surface area is 176 Å². The predicted molar refractivity (Wildman–Crippen MR) is 112 cm³/mol. The summed E-state index contributed by atoms with van der Waals surface area (Å²) in [6, 6.07) is 9.38. The Morgan fingerprint density at radius 2 is 1.76 bits per heavy atom. The molecule has 0 heterocycles. The summed E-state index contributed by atoms with van der Waals surface area (Å²) in [4.78, 5) is 12.4. The molecule has 2 aromatic rings. The largest absolute Gasteiger partial charge is 0.497 e. The minimum atomic E-state index is -3.89. The average molecular weight is 441 g/mol. The van der Waals surface area contributed by atoms with Gasteiger partial charge in [0.15, 0.2) is 0 Å². The van der Waals surface area contributed by atoms with E-state index in [9.17, 15) is 13.2 Å². The lowest BCUT2D eigenvalue weighted by Crippen LogP contribution is -2.40. The van der Waals surface area contributed by atoms with Gasteiger partial charge >= 0.3 is 0 Å². The van der Waals surface area contributed by atoms with E-state index in [1.165, 1.54) is 25.3 Å². The van der Waals surface area contributed by atoms with Crippen LogP contribution in [0.1, 0.15) is 36.7 Å². The normalized spacial score (nSPS) is 11.8. The van der Waals surface area contributed by atoms with E-state index >= 15 is 0 Å². The SMILES string of the molecule is COc1ccc(CNC(=O)c2ccc(Cl)c(S(=O)(=O)NC(C)(C)C)c2)c(OC)c1. The lowest BCUT2D eigenvalue weighted by atomic mass is 10.1. The molecule has 0 aliphatic rings. The standard InChI is InChI=1S/C20H25ClN2O5S/c1-20(2,3)23-29(25,26)18-10-13(7-9-16(18)21)19(24)22-12-14-6-8-15(27-4)11-17(14)28-5/h6-11,23H,12H2,1-5H3,(H,22,24). The molecule has 2 rings (SSSR count). The molecule has 158 valence electrons. The third-order valence-corrected chi connectivity index (χ3v) is 6.10. The topological polar surface area (TPSA) is 93.7 Å². The lowest BCUT2D eigenvalue weighted by Gasteiger charge is -2.21. The van der Waals surface area contributed by atoms with Crippen LogP contribution in [0.15, 0.2) is 41.3 Å². The molecule has 0 saturated heterocycles. The maximum absolute atomic E-state index is 12.6. The van der Waals surface area contributed by atoms with Crippen LogP contribution in [0.2, 0.25) is 5.02 Å². The van der Waals surface area contributed by atoms with Gasteiger partial charge in [-0.05, 0) is 51.1 Å². The molecule has 0 bridgehead atoms. The van der Waals surface area contributed by atoms with Crippen molar-refractivity contribution < 1.29 is 22.7 Å². The summed E-state index contributed by atoms with van der Waals surface area (Å²) < 4.78 is 38.2. The number of nitrogens with one attached hydrogen (secondary N) is 2. The number of methoxy groups -OCH3 is 2. The van der Waals surface area contributed by atoms with Crippen molar-refractivity contribution in [2.75, 3.05) is 14.2 Å². The van der Waals surface area contributed by atoms with Crippen LogP contribution in [-0.4, -0.2) is 34.1 Å². The zero-order chi connectivity index (χ0) is 21.8. The maximum Gasteiger partial charge on any atom is 0.251 e. The Bertz CT molecular complexity index is 1000. The molecule has 0 fully saturated rings. The number of hydrogen-bond donors (Lipinski definition) is 2. The van der Waals surface area contributed by atoms with Gasteiger partial charge in [-0.1, -0.05) is 11.6 Å². The number of rotatable bonds is 7. The molecule has 0 aromatic heterocycles. The molecular formula is C20H25ClN2O5S. The zero-order valence-corrected chi connectivity index (χ0v) is 18.6. The van der Waals surface area contributed by atoms with E-state index in [-0.39, 0.29) is 22.0 Å². The van der Waals surface area contributed by atoms with Crippen molar-refractivity contribution in [1.82, 2.24) is 10.0 Å². The van der Waals surface area contributed by atoms with E-state index in [1.807, 2.05) is 0 Å². The Morgan fingerprint density at radius 3 is 2.34 bits per heavy atom. The van der Waals surface area contributed by atoms with Gasteiger partial charge in [0, 0.05) is 29.3 Å². The summed E-state index contributed by atoms with van der Waals surface area (Å²) in [6.45, 7) is 5.35. The van der Waals surface area contributed by atoms with Crippen LogP contribution in [0.5, 0.6) is 11.5 Å². The number of ether oxygens (including phenoxy) is 2. The third-order valence-electron chi connectivity index (χ3n) is 3.86. The highest BCUT2D eigenvalue weighted by atomic mass is 35.5. The maximum atomic E-state index is 12.6. The van der Waals surface area contributed by atoms with Crippen LogP contribution in [0, 0.1) is 0 Å². The molecule has 2 N–H and O–H groups in total. The van der Waals surface area contributed by atoms with E-state index in [4.69, 9.17) is 21.1 Å². The second kappa shape index (κ2) is 9.02. The molecule has 0 radical (unpaired) electrons. The second-order valence-corrected chi connectivity index (χ2v) is 9.42. The molecule has 9 heteroatoms. The number of sulfonamides is 1.